The van der Waals surface area contributed by atoms with Gasteiger partial charge in [0.1, 0.15) is 0 Å². The third-order valence-electron chi connectivity index (χ3n) is 3.36. The largest absolute Gasteiger partial charge is 0.478 e. The molecule has 0 amide bonds. The predicted molar refractivity (Wildman–Crippen MR) is 93.2 cm³/mol. The van der Waals surface area contributed by atoms with E-state index in [1.807, 2.05) is 0 Å². The molecule has 0 aliphatic rings. The van der Waals surface area contributed by atoms with E-state index in [-0.39, 0.29) is 22.2 Å². The van der Waals surface area contributed by atoms with Crippen molar-refractivity contribution in [3.63, 3.8) is 0 Å². The first-order chi connectivity index (χ1) is 12.4. The minimum Gasteiger partial charge on any atom is -0.478 e. The second-order valence-electron chi connectivity index (χ2n) is 5.17. The zero-order valence-electron chi connectivity index (χ0n) is 12.9. The molecule has 27 heavy (non-hydrogen) atoms. The lowest BCUT2D eigenvalue weighted by Crippen LogP contribution is -2.13. The molecule has 0 radical (unpaired) electrons. The number of hydrogen-bond donors (Lipinski definition) is 1. The topological polar surface area (TPSA) is 54.4 Å². The van der Waals surface area contributed by atoms with Crippen LogP contribution >= 0.6 is 34.8 Å². The zero-order valence-corrected chi connectivity index (χ0v) is 15.1. The fourth-order valence-corrected chi connectivity index (χ4v) is 2.84. The van der Waals surface area contributed by atoms with Crippen LogP contribution in [0.2, 0.25) is 15.1 Å². The lowest BCUT2D eigenvalue weighted by atomic mass is 10.0. The lowest BCUT2D eigenvalue weighted by molar-refractivity contribution is -0.0689. The smallest absolute Gasteiger partial charge is 0.417 e. The molecule has 0 spiro atoms. The van der Waals surface area contributed by atoms with Crippen LogP contribution in [0, 0.1) is 5.82 Å². The van der Waals surface area contributed by atoms with Crippen LogP contribution in [-0.4, -0.2) is 23.0 Å². The summed E-state index contributed by atoms with van der Waals surface area (Å²) < 4.78 is 53.6. The maximum atomic E-state index is 13.5. The summed E-state index contributed by atoms with van der Waals surface area (Å²) in [6, 6.07) is 4.33. The van der Waals surface area contributed by atoms with Gasteiger partial charge in [-0.05, 0) is 35.9 Å². The van der Waals surface area contributed by atoms with E-state index in [0.717, 1.165) is 18.2 Å². The summed E-state index contributed by atoms with van der Waals surface area (Å²) in [7, 11) is 0. The number of carboxylic acids is 1. The van der Waals surface area contributed by atoms with Crippen molar-refractivity contribution in [2.75, 3.05) is 0 Å². The average molecular weight is 442 g/mol. The number of hydrogen-bond acceptors (Lipinski definition) is 2. The Morgan fingerprint density at radius 1 is 0.926 bits per heavy atom. The van der Waals surface area contributed by atoms with Crippen molar-refractivity contribution >= 4 is 52.1 Å². The molecule has 2 rings (SSSR count). The number of carboxylic acid groups (broad SMARTS) is 1. The van der Waals surface area contributed by atoms with Crippen LogP contribution in [-0.2, 0) is 0 Å². The van der Waals surface area contributed by atoms with Crippen LogP contribution in [0.15, 0.2) is 36.4 Å². The van der Waals surface area contributed by atoms with Crippen molar-refractivity contribution in [2.45, 2.75) is 6.18 Å². The molecule has 142 valence electrons. The highest BCUT2D eigenvalue weighted by atomic mass is 35.5. The van der Waals surface area contributed by atoms with Crippen LogP contribution in [0.25, 0.3) is 5.57 Å². The molecule has 10 heteroatoms. The lowest BCUT2D eigenvalue weighted by Gasteiger charge is -2.13. The van der Waals surface area contributed by atoms with Gasteiger partial charge in [-0.1, -0.05) is 40.9 Å². The molecule has 0 bridgehead atoms. The Balaban J connectivity index is 2.55. The van der Waals surface area contributed by atoms with Gasteiger partial charge in [-0.15, -0.1) is 0 Å². The predicted octanol–water partition coefficient (Wildman–Crippen LogP) is 6.31. The molecule has 0 saturated heterocycles. The van der Waals surface area contributed by atoms with Crippen LogP contribution in [0.5, 0.6) is 0 Å². The molecule has 2 aromatic rings. The van der Waals surface area contributed by atoms with Crippen LogP contribution < -0.4 is 0 Å². The Hall–Kier alpha value is -2.09. The number of rotatable bonds is 4. The number of halogens is 7. The summed E-state index contributed by atoms with van der Waals surface area (Å²) in [4.78, 5) is 23.1. The molecule has 0 saturated carbocycles. The van der Waals surface area contributed by atoms with Crippen molar-refractivity contribution in [3.8, 4) is 0 Å². The van der Waals surface area contributed by atoms with E-state index >= 15 is 0 Å². The minimum atomic E-state index is -4.98. The Morgan fingerprint density at radius 3 is 1.89 bits per heavy atom. The number of carbonyl (C=O) groups is 2. The van der Waals surface area contributed by atoms with Gasteiger partial charge < -0.3 is 5.11 Å². The van der Waals surface area contributed by atoms with Gasteiger partial charge in [-0.2, -0.15) is 13.2 Å². The quantitative estimate of drug-likeness (QED) is 0.262. The fourth-order valence-electron chi connectivity index (χ4n) is 2.10. The average Bonchev–Trinajstić information content (AvgIpc) is 2.55. The van der Waals surface area contributed by atoms with Crippen molar-refractivity contribution < 1.29 is 32.3 Å². The first kappa shape index (κ1) is 21.2. The van der Waals surface area contributed by atoms with E-state index in [0.29, 0.717) is 12.1 Å². The number of allylic oxidation sites excluding steroid dienone is 2. The highest BCUT2D eigenvalue weighted by Crippen LogP contribution is 2.37. The van der Waals surface area contributed by atoms with Gasteiger partial charge in [0.25, 0.3) is 0 Å². The summed E-state index contributed by atoms with van der Waals surface area (Å²) in [5, 5.41) is 7.28. The number of benzene rings is 2. The van der Waals surface area contributed by atoms with Crippen molar-refractivity contribution in [1.82, 2.24) is 0 Å². The van der Waals surface area contributed by atoms with Crippen molar-refractivity contribution in [1.29, 1.82) is 0 Å². The maximum Gasteiger partial charge on any atom is 0.417 e. The molecule has 0 aliphatic heterocycles. The molecule has 0 heterocycles. The van der Waals surface area contributed by atoms with E-state index in [9.17, 15) is 27.2 Å². The fraction of sp³-hybridized carbons (Fsp3) is 0.0588. The normalized spacial score (nSPS) is 12.2. The standard InChI is InChI=1S/C17H7Cl3F4O3/c18-11-3-7(1-2-9(11)16(26)27)14(25)6-10(17(22,23)24)8-4-12(19)15(21)13(20)5-8/h1-6H,(H,26,27)/b10-6+. The van der Waals surface area contributed by atoms with Gasteiger partial charge in [0.2, 0.25) is 0 Å². The van der Waals surface area contributed by atoms with Crippen molar-refractivity contribution in [2.24, 2.45) is 0 Å². The van der Waals surface area contributed by atoms with E-state index in [1.165, 1.54) is 0 Å². The summed E-state index contributed by atoms with van der Waals surface area (Å²) in [5.41, 5.74) is -2.60. The van der Waals surface area contributed by atoms with E-state index in [2.05, 4.69) is 0 Å². The molecule has 0 aliphatic carbocycles. The van der Waals surface area contributed by atoms with Gasteiger partial charge in [0.05, 0.1) is 26.2 Å². The molecular formula is C17H7Cl3F4O3. The minimum absolute atomic E-state index is 0.270. The third-order valence-corrected chi connectivity index (χ3v) is 4.22. The van der Waals surface area contributed by atoms with E-state index < -0.39 is 44.9 Å². The van der Waals surface area contributed by atoms with E-state index in [1.54, 1.807) is 0 Å². The Labute approximate surface area is 164 Å². The van der Waals surface area contributed by atoms with Crippen LogP contribution in [0.4, 0.5) is 17.6 Å². The molecule has 0 fully saturated rings. The molecule has 0 aromatic heterocycles. The molecule has 3 nitrogen and oxygen atoms in total. The third kappa shape index (κ3) is 4.80. The summed E-state index contributed by atoms with van der Waals surface area (Å²) in [5.74, 6) is -3.55. The molecule has 2 aromatic carbocycles. The van der Waals surface area contributed by atoms with Gasteiger partial charge in [0.15, 0.2) is 11.6 Å². The molecule has 1 N–H and O–H groups in total. The maximum absolute atomic E-state index is 13.5. The van der Waals surface area contributed by atoms with Crippen molar-refractivity contribution in [3.05, 3.63) is 74.0 Å². The second kappa shape index (κ2) is 7.88. The van der Waals surface area contributed by atoms with E-state index in [4.69, 9.17) is 39.9 Å². The zero-order chi connectivity index (χ0) is 20.5. The van der Waals surface area contributed by atoms with Gasteiger partial charge in [-0.3, -0.25) is 4.79 Å². The first-order valence-corrected chi connectivity index (χ1v) is 8.06. The summed E-state index contributed by atoms with van der Waals surface area (Å²) in [6.45, 7) is 0. The number of aromatic carboxylic acids is 1. The monoisotopic (exact) mass is 440 g/mol. The molecular weight excluding hydrogens is 435 g/mol. The van der Waals surface area contributed by atoms with Gasteiger partial charge in [0, 0.05) is 5.56 Å². The Bertz CT molecular complexity index is 945. The SMILES string of the molecule is O=C(/C=C(\c1cc(Cl)c(F)c(Cl)c1)C(F)(F)F)c1ccc(C(=O)O)c(Cl)c1. The Kier molecular flexibility index (Phi) is 6.19. The van der Waals surface area contributed by atoms with Crippen LogP contribution in [0.3, 0.4) is 0 Å². The number of ketones is 1. The number of alkyl halides is 3. The first-order valence-electron chi connectivity index (χ1n) is 6.92. The van der Waals surface area contributed by atoms with Crippen LogP contribution in [0.1, 0.15) is 26.3 Å². The highest BCUT2D eigenvalue weighted by Gasteiger charge is 2.36. The Morgan fingerprint density at radius 2 is 1.44 bits per heavy atom. The highest BCUT2D eigenvalue weighted by molar-refractivity contribution is 6.35. The molecule has 0 atom stereocenters. The second-order valence-corrected chi connectivity index (χ2v) is 6.40. The number of carbonyl (C=O) groups excluding carboxylic acids is 1. The van der Waals surface area contributed by atoms with Gasteiger partial charge in [-0.25, -0.2) is 9.18 Å². The summed E-state index contributed by atoms with van der Waals surface area (Å²) >= 11 is 16.8. The van der Waals surface area contributed by atoms with Gasteiger partial charge >= 0.3 is 12.1 Å². The molecule has 0 unspecified atom stereocenters. The summed E-state index contributed by atoms with van der Waals surface area (Å²) in [6.07, 6.45) is -4.71.